The highest BCUT2D eigenvalue weighted by Gasteiger charge is 2.17. The molecule has 27 heavy (non-hydrogen) atoms. The monoisotopic (exact) mass is 360 g/mol. The van der Waals surface area contributed by atoms with Gasteiger partial charge in [-0.1, -0.05) is 6.07 Å². The fourth-order valence-electron chi connectivity index (χ4n) is 2.66. The summed E-state index contributed by atoms with van der Waals surface area (Å²) < 4.78 is 5.53. The number of anilines is 1. The summed E-state index contributed by atoms with van der Waals surface area (Å²) >= 11 is 0. The summed E-state index contributed by atoms with van der Waals surface area (Å²) in [5.74, 6) is 0.785. The Labute approximate surface area is 154 Å². The van der Waals surface area contributed by atoms with E-state index in [4.69, 9.17) is 4.74 Å². The van der Waals surface area contributed by atoms with Gasteiger partial charge in [-0.05, 0) is 25.1 Å². The molecule has 4 heterocycles. The van der Waals surface area contributed by atoms with Crippen LogP contribution in [0.3, 0.4) is 0 Å². The second kappa shape index (κ2) is 7.20. The van der Waals surface area contributed by atoms with E-state index in [2.05, 4.69) is 30.2 Å². The quantitative estimate of drug-likeness (QED) is 0.567. The van der Waals surface area contributed by atoms with Crippen LogP contribution in [0.15, 0.2) is 55.1 Å². The molecule has 0 bridgehead atoms. The standard InChI is InChI=1S/C19H16N6O2/c1-2-27-15-7-9-20-11-14(15)23-19(26)12-6-10-22-18-16(12)24-17(25-18)13-5-3-4-8-21-13/h3-11H,2H2,1H3,(H,23,26)(H,22,24,25). The van der Waals surface area contributed by atoms with Crippen LogP contribution >= 0.6 is 0 Å². The Morgan fingerprint density at radius 2 is 2.07 bits per heavy atom. The molecule has 134 valence electrons. The van der Waals surface area contributed by atoms with Gasteiger partial charge in [0.15, 0.2) is 11.5 Å². The van der Waals surface area contributed by atoms with Crippen LogP contribution in [0.25, 0.3) is 22.7 Å². The van der Waals surface area contributed by atoms with E-state index in [0.29, 0.717) is 46.3 Å². The third-order valence-corrected chi connectivity index (χ3v) is 3.87. The first kappa shape index (κ1) is 16.6. The van der Waals surface area contributed by atoms with E-state index in [1.165, 1.54) is 0 Å². The van der Waals surface area contributed by atoms with Gasteiger partial charge in [-0.25, -0.2) is 9.97 Å². The molecule has 4 rings (SSSR count). The topological polar surface area (TPSA) is 106 Å². The molecule has 0 aliphatic carbocycles. The molecule has 1 amide bonds. The molecule has 2 N–H and O–H groups in total. The van der Waals surface area contributed by atoms with Crippen molar-refractivity contribution in [3.05, 3.63) is 60.7 Å². The third kappa shape index (κ3) is 3.32. The molecule has 4 aromatic heterocycles. The van der Waals surface area contributed by atoms with Crippen molar-refractivity contribution in [1.82, 2.24) is 24.9 Å². The maximum absolute atomic E-state index is 12.8. The fourth-order valence-corrected chi connectivity index (χ4v) is 2.66. The smallest absolute Gasteiger partial charge is 0.258 e. The number of pyridine rings is 3. The average molecular weight is 360 g/mol. The Bertz CT molecular complexity index is 1090. The molecule has 4 aromatic rings. The number of aromatic amines is 1. The Morgan fingerprint density at radius 3 is 2.89 bits per heavy atom. The Hall–Kier alpha value is -3.81. The van der Waals surface area contributed by atoms with Gasteiger partial charge < -0.3 is 15.0 Å². The van der Waals surface area contributed by atoms with Gasteiger partial charge in [0, 0.05) is 24.7 Å². The SMILES string of the molecule is CCOc1ccncc1NC(=O)c1ccnc2[nH]c(-c3ccccn3)nc12. The molecular weight excluding hydrogens is 344 g/mol. The van der Waals surface area contributed by atoms with Crippen LogP contribution in [0, 0.1) is 0 Å². The van der Waals surface area contributed by atoms with Gasteiger partial charge in [-0.2, -0.15) is 0 Å². The van der Waals surface area contributed by atoms with Crippen molar-refractivity contribution >= 4 is 22.8 Å². The second-order valence-corrected chi connectivity index (χ2v) is 5.62. The lowest BCUT2D eigenvalue weighted by Gasteiger charge is -2.10. The van der Waals surface area contributed by atoms with Gasteiger partial charge in [-0.15, -0.1) is 0 Å². The van der Waals surface area contributed by atoms with Crippen LogP contribution in [-0.4, -0.2) is 37.4 Å². The number of hydrogen-bond donors (Lipinski definition) is 2. The number of carbonyl (C=O) groups is 1. The predicted octanol–water partition coefficient (Wildman–Crippen LogP) is 3.07. The Morgan fingerprint density at radius 1 is 1.15 bits per heavy atom. The largest absolute Gasteiger partial charge is 0.492 e. The van der Waals surface area contributed by atoms with E-state index in [1.54, 1.807) is 36.9 Å². The molecule has 0 saturated carbocycles. The first-order valence-corrected chi connectivity index (χ1v) is 8.40. The molecule has 0 unspecified atom stereocenters. The predicted molar refractivity (Wildman–Crippen MR) is 100 cm³/mol. The van der Waals surface area contributed by atoms with Crippen molar-refractivity contribution in [3.8, 4) is 17.3 Å². The molecule has 0 radical (unpaired) electrons. The summed E-state index contributed by atoms with van der Waals surface area (Å²) in [5, 5.41) is 2.83. The summed E-state index contributed by atoms with van der Waals surface area (Å²) in [6, 6.07) is 8.86. The average Bonchev–Trinajstić information content (AvgIpc) is 3.14. The van der Waals surface area contributed by atoms with E-state index in [-0.39, 0.29) is 5.91 Å². The van der Waals surface area contributed by atoms with E-state index in [9.17, 15) is 4.79 Å². The third-order valence-electron chi connectivity index (χ3n) is 3.87. The van der Waals surface area contributed by atoms with Crippen molar-refractivity contribution in [1.29, 1.82) is 0 Å². The first-order valence-electron chi connectivity index (χ1n) is 8.40. The summed E-state index contributed by atoms with van der Waals surface area (Å²) in [6.45, 7) is 2.36. The minimum atomic E-state index is -0.324. The molecule has 0 fully saturated rings. The van der Waals surface area contributed by atoms with Crippen LogP contribution in [0.1, 0.15) is 17.3 Å². The number of imidazole rings is 1. The zero-order chi connectivity index (χ0) is 18.6. The van der Waals surface area contributed by atoms with Gasteiger partial charge in [-0.3, -0.25) is 14.8 Å². The molecule has 0 spiro atoms. The Balaban J connectivity index is 1.69. The normalized spacial score (nSPS) is 10.7. The number of rotatable bonds is 5. The number of nitrogens with zero attached hydrogens (tertiary/aromatic N) is 4. The summed E-state index contributed by atoms with van der Waals surface area (Å²) in [7, 11) is 0. The number of aromatic nitrogens is 5. The number of amides is 1. The zero-order valence-corrected chi connectivity index (χ0v) is 14.5. The van der Waals surface area contributed by atoms with Gasteiger partial charge in [0.25, 0.3) is 5.91 Å². The van der Waals surface area contributed by atoms with Gasteiger partial charge in [0.1, 0.15) is 22.6 Å². The highest BCUT2D eigenvalue weighted by Crippen LogP contribution is 2.25. The molecule has 0 aromatic carbocycles. The van der Waals surface area contributed by atoms with Crippen LogP contribution in [0.4, 0.5) is 5.69 Å². The van der Waals surface area contributed by atoms with E-state index >= 15 is 0 Å². The lowest BCUT2D eigenvalue weighted by Crippen LogP contribution is -2.14. The highest BCUT2D eigenvalue weighted by atomic mass is 16.5. The number of fused-ring (bicyclic) bond motifs is 1. The van der Waals surface area contributed by atoms with E-state index < -0.39 is 0 Å². The van der Waals surface area contributed by atoms with Crippen LogP contribution in [-0.2, 0) is 0 Å². The lowest BCUT2D eigenvalue weighted by atomic mass is 10.2. The number of nitrogens with one attached hydrogen (secondary N) is 2. The van der Waals surface area contributed by atoms with E-state index in [1.807, 2.05) is 25.1 Å². The fraction of sp³-hybridized carbons (Fsp3) is 0.105. The molecule has 0 aliphatic rings. The first-order chi connectivity index (χ1) is 13.3. The molecule has 8 heteroatoms. The Kier molecular flexibility index (Phi) is 4.44. The molecule has 8 nitrogen and oxygen atoms in total. The molecule has 0 aliphatic heterocycles. The maximum Gasteiger partial charge on any atom is 0.258 e. The highest BCUT2D eigenvalue weighted by molar-refractivity contribution is 6.11. The minimum absolute atomic E-state index is 0.324. The number of ether oxygens (including phenoxy) is 1. The number of hydrogen-bond acceptors (Lipinski definition) is 6. The summed E-state index contributed by atoms with van der Waals surface area (Å²) in [6.07, 6.45) is 6.40. The molecule has 0 atom stereocenters. The second-order valence-electron chi connectivity index (χ2n) is 5.62. The minimum Gasteiger partial charge on any atom is -0.492 e. The van der Waals surface area contributed by atoms with E-state index in [0.717, 1.165) is 0 Å². The van der Waals surface area contributed by atoms with Crippen molar-refractivity contribution in [3.63, 3.8) is 0 Å². The summed E-state index contributed by atoms with van der Waals surface area (Å²) in [5.41, 5.74) is 2.55. The van der Waals surface area contributed by atoms with Crippen molar-refractivity contribution < 1.29 is 9.53 Å². The van der Waals surface area contributed by atoms with Crippen LogP contribution < -0.4 is 10.1 Å². The van der Waals surface area contributed by atoms with Crippen LogP contribution in [0.5, 0.6) is 5.75 Å². The number of carbonyl (C=O) groups excluding carboxylic acids is 1. The van der Waals surface area contributed by atoms with Gasteiger partial charge in [0.2, 0.25) is 0 Å². The van der Waals surface area contributed by atoms with Gasteiger partial charge in [0.05, 0.1) is 18.4 Å². The maximum atomic E-state index is 12.8. The molecule has 0 saturated heterocycles. The van der Waals surface area contributed by atoms with Crippen molar-refractivity contribution in [2.75, 3.05) is 11.9 Å². The van der Waals surface area contributed by atoms with Crippen molar-refractivity contribution in [2.45, 2.75) is 6.92 Å². The van der Waals surface area contributed by atoms with Crippen molar-refractivity contribution in [2.24, 2.45) is 0 Å². The lowest BCUT2D eigenvalue weighted by molar-refractivity contribution is 0.102. The van der Waals surface area contributed by atoms with Gasteiger partial charge >= 0.3 is 0 Å². The number of H-pyrrole nitrogens is 1. The summed E-state index contributed by atoms with van der Waals surface area (Å²) in [4.78, 5) is 33.0. The zero-order valence-electron chi connectivity index (χ0n) is 14.5. The van der Waals surface area contributed by atoms with Crippen LogP contribution in [0.2, 0.25) is 0 Å². The molecular formula is C19H16N6O2.